The summed E-state index contributed by atoms with van der Waals surface area (Å²) in [5.41, 5.74) is -0.103. The van der Waals surface area contributed by atoms with Crippen LogP contribution < -0.4 is 0 Å². The third-order valence-electron chi connectivity index (χ3n) is 5.89. The maximum Gasteiger partial charge on any atom is 0.332 e. The Bertz CT molecular complexity index is 1140. The van der Waals surface area contributed by atoms with Gasteiger partial charge in [0.15, 0.2) is 0 Å². The monoisotopic (exact) mass is 517 g/mol. The van der Waals surface area contributed by atoms with E-state index < -0.39 is 35.5 Å². The van der Waals surface area contributed by atoms with Crippen LogP contribution in [0, 0.1) is 5.92 Å². The lowest BCUT2D eigenvalue weighted by atomic mass is 9.79. The fourth-order valence-corrected chi connectivity index (χ4v) is 4.10. The summed E-state index contributed by atoms with van der Waals surface area (Å²) in [6.07, 6.45) is 10.5. The maximum atomic E-state index is 13.4. The molecule has 1 heterocycles. The minimum Gasteiger partial charge on any atom is -0.481 e. The lowest BCUT2D eigenvalue weighted by Crippen LogP contribution is -2.52. The van der Waals surface area contributed by atoms with E-state index in [1.165, 1.54) is 13.1 Å². The van der Waals surface area contributed by atoms with Crippen molar-refractivity contribution >= 4 is 35.1 Å². The molecule has 9 heteroatoms. The molecule has 0 fully saturated rings. The van der Waals surface area contributed by atoms with Gasteiger partial charge in [0, 0.05) is 35.7 Å². The number of aliphatic hydroxyl groups is 1. The predicted molar refractivity (Wildman–Crippen MR) is 136 cm³/mol. The molecule has 0 saturated heterocycles. The summed E-state index contributed by atoms with van der Waals surface area (Å²) in [5, 5.41) is 18.2. The van der Waals surface area contributed by atoms with Crippen molar-refractivity contribution in [2.75, 3.05) is 13.2 Å². The number of esters is 1. The van der Waals surface area contributed by atoms with E-state index in [4.69, 9.17) is 21.4 Å². The molecule has 0 bridgehead atoms. The SMILES string of the molecule is CCC(C)/C=C(\C)C=CC1=CC2=C(Cl)C(=O)[C@@](C)(OC(=O)/C=C(\C)CC(=O)O)C(=O)C2=CN1CCO. The van der Waals surface area contributed by atoms with Gasteiger partial charge in [0.05, 0.1) is 18.1 Å². The number of ether oxygens (including phenoxy) is 1. The number of rotatable bonds is 10. The Hall–Kier alpha value is -3.23. The average Bonchev–Trinajstić information content (AvgIpc) is 2.79. The number of β-amino-alcohol motifs (C(OH)–C–C–N with tert-alkyl or cyclic N) is 1. The maximum absolute atomic E-state index is 13.4. The Labute approximate surface area is 215 Å². The van der Waals surface area contributed by atoms with E-state index in [1.807, 2.05) is 19.1 Å². The van der Waals surface area contributed by atoms with Gasteiger partial charge in [-0.2, -0.15) is 0 Å². The van der Waals surface area contributed by atoms with Crippen molar-refractivity contribution in [2.45, 2.75) is 53.1 Å². The number of carboxylic acid groups (broad SMARTS) is 1. The zero-order valence-electron chi connectivity index (χ0n) is 21.1. The third kappa shape index (κ3) is 6.71. The van der Waals surface area contributed by atoms with Gasteiger partial charge in [-0.05, 0) is 38.8 Å². The highest BCUT2D eigenvalue weighted by Crippen LogP contribution is 2.39. The summed E-state index contributed by atoms with van der Waals surface area (Å²) in [4.78, 5) is 51.4. The second-order valence-corrected chi connectivity index (χ2v) is 9.44. The van der Waals surface area contributed by atoms with Crippen molar-refractivity contribution in [1.29, 1.82) is 0 Å². The molecule has 1 aliphatic heterocycles. The molecule has 2 atom stereocenters. The largest absolute Gasteiger partial charge is 0.481 e. The molecule has 1 unspecified atom stereocenters. The summed E-state index contributed by atoms with van der Waals surface area (Å²) in [7, 11) is 0. The first-order valence-electron chi connectivity index (χ1n) is 11.6. The highest BCUT2D eigenvalue weighted by Gasteiger charge is 2.52. The fraction of sp³-hybridized carbons (Fsp3) is 0.407. The normalized spacial score (nSPS) is 21.9. The van der Waals surface area contributed by atoms with Crippen LogP contribution in [0.2, 0.25) is 0 Å². The summed E-state index contributed by atoms with van der Waals surface area (Å²) >= 11 is 6.39. The third-order valence-corrected chi connectivity index (χ3v) is 6.27. The first-order valence-corrected chi connectivity index (χ1v) is 12.0. The number of carboxylic acids is 1. The standard InChI is InChI=1S/C27H32ClNO7/c1-6-16(2)11-17(3)7-8-19-14-20-21(15-29(19)9-10-30)25(34)27(5,26(35)24(20)28)36-23(33)13-18(4)12-22(31)32/h7-8,11,13-16,30H,6,9-10,12H2,1-5H3,(H,31,32)/b8-7?,17-11+,18-13+/t16?,27-/m0/s1. The van der Waals surface area contributed by atoms with Gasteiger partial charge in [-0.25, -0.2) is 4.79 Å². The molecular weight excluding hydrogens is 486 g/mol. The molecular formula is C27H32ClNO7. The van der Waals surface area contributed by atoms with Crippen LogP contribution in [0.1, 0.15) is 47.5 Å². The van der Waals surface area contributed by atoms with Gasteiger partial charge in [0.2, 0.25) is 17.2 Å². The number of halogens is 1. The fourth-order valence-electron chi connectivity index (χ4n) is 3.76. The van der Waals surface area contributed by atoms with Crippen LogP contribution in [-0.4, -0.2) is 57.4 Å². The number of aliphatic carboxylic acids is 1. The molecule has 2 rings (SSSR count). The van der Waals surface area contributed by atoms with Crippen molar-refractivity contribution < 1.29 is 34.1 Å². The number of fused-ring (bicyclic) bond motifs is 1. The van der Waals surface area contributed by atoms with Gasteiger partial charge in [-0.1, -0.05) is 55.2 Å². The number of carbonyl (C=O) groups excluding carboxylic acids is 3. The highest BCUT2D eigenvalue weighted by molar-refractivity contribution is 6.49. The molecule has 0 saturated carbocycles. The highest BCUT2D eigenvalue weighted by atomic mass is 35.5. The van der Waals surface area contributed by atoms with Crippen molar-refractivity contribution in [2.24, 2.45) is 5.92 Å². The first-order chi connectivity index (χ1) is 16.8. The Balaban J connectivity index is 2.46. The molecule has 0 radical (unpaired) electrons. The van der Waals surface area contributed by atoms with Crippen LogP contribution >= 0.6 is 11.6 Å². The molecule has 36 heavy (non-hydrogen) atoms. The van der Waals surface area contributed by atoms with Crippen molar-refractivity contribution in [3.05, 3.63) is 69.6 Å². The number of ketones is 2. The number of hydrogen-bond donors (Lipinski definition) is 2. The van der Waals surface area contributed by atoms with Crippen LogP contribution in [0.25, 0.3) is 0 Å². The van der Waals surface area contributed by atoms with Gasteiger partial charge in [0.25, 0.3) is 0 Å². The summed E-state index contributed by atoms with van der Waals surface area (Å²) < 4.78 is 5.25. The second kappa shape index (κ2) is 12.1. The van der Waals surface area contributed by atoms with E-state index in [0.717, 1.165) is 25.0 Å². The molecule has 8 nitrogen and oxygen atoms in total. The van der Waals surface area contributed by atoms with Crippen LogP contribution in [0.5, 0.6) is 0 Å². The number of allylic oxidation sites excluding steroid dienone is 6. The zero-order valence-corrected chi connectivity index (χ0v) is 21.9. The minimum atomic E-state index is -2.22. The van der Waals surface area contributed by atoms with E-state index in [-0.39, 0.29) is 34.9 Å². The van der Waals surface area contributed by atoms with Crippen LogP contribution in [0.4, 0.5) is 0 Å². The first kappa shape index (κ1) is 29.0. The number of hydrogen-bond acceptors (Lipinski definition) is 7. The van der Waals surface area contributed by atoms with E-state index >= 15 is 0 Å². The average molecular weight is 518 g/mol. The van der Waals surface area contributed by atoms with E-state index in [1.54, 1.807) is 11.0 Å². The molecule has 0 aromatic rings. The van der Waals surface area contributed by atoms with Gasteiger partial charge in [-0.15, -0.1) is 0 Å². The molecule has 2 N–H and O–H groups in total. The van der Waals surface area contributed by atoms with Crippen LogP contribution in [0.3, 0.4) is 0 Å². The number of carbonyl (C=O) groups is 4. The number of aliphatic hydroxyl groups excluding tert-OH is 1. The van der Waals surface area contributed by atoms with Gasteiger partial charge in [0.1, 0.15) is 0 Å². The quantitative estimate of drug-likeness (QED) is 0.193. The van der Waals surface area contributed by atoms with Crippen molar-refractivity contribution in [3.8, 4) is 0 Å². The van der Waals surface area contributed by atoms with Crippen molar-refractivity contribution in [3.63, 3.8) is 0 Å². The smallest absolute Gasteiger partial charge is 0.332 e. The summed E-state index contributed by atoms with van der Waals surface area (Å²) in [6.45, 7) is 8.74. The lowest BCUT2D eigenvalue weighted by molar-refractivity contribution is -0.165. The second-order valence-electron chi connectivity index (χ2n) is 9.06. The van der Waals surface area contributed by atoms with E-state index in [2.05, 4.69) is 19.9 Å². The van der Waals surface area contributed by atoms with Crippen molar-refractivity contribution in [1.82, 2.24) is 4.90 Å². The predicted octanol–water partition coefficient (Wildman–Crippen LogP) is 3.98. The summed E-state index contributed by atoms with van der Waals surface area (Å²) in [6, 6.07) is 0. The van der Waals surface area contributed by atoms with Crippen LogP contribution in [-0.2, 0) is 23.9 Å². The number of nitrogens with zero attached hydrogens (tertiary/aromatic N) is 1. The number of Topliss-reactive ketones (excluding diaryl/α,β-unsaturated/α-hetero) is 2. The Morgan fingerprint density at radius 3 is 2.50 bits per heavy atom. The Kier molecular flexibility index (Phi) is 9.78. The molecule has 0 amide bonds. The minimum absolute atomic E-state index is 0.0682. The summed E-state index contributed by atoms with van der Waals surface area (Å²) in [5.74, 6) is -3.40. The molecule has 0 aromatic carbocycles. The van der Waals surface area contributed by atoms with Gasteiger partial charge >= 0.3 is 11.9 Å². The zero-order chi connectivity index (χ0) is 27.2. The molecule has 1 aliphatic carbocycles. The molecule has 0 spiro atoms. The topological polar surface area (TPSA) is 121 Å². The molecule has 2 aliphatic rings. The van der Waals surface area contributed by atoms with Gasteiger partial charge < -0.3 is 19.8 Å². The molecule has 0 aromatic heterocycles. The lowest BCUT2D eigenvalue weighted by Gasteiger charge is -2.35. The van der Waals surface area contributed by atoms with Gasteiger partial charge in [-0.3, -0.25) is 14.4 Å². The van der Waals surface area contributed by atoms with E-state index in [0.29, 0.717) is 11.6 Å². The molecule has 194 valence electrons. The Morgan fingerprint density at radius 2 is 1.92 bits per heavy atom. The van der Waals surface area contributed by atoms with E-state index in [9.17, 15) is 24.3 Å². The van der Waals surface area contributed by atoms with Crippen LogP contribution in [0.15, 0.2) is 69.6 Å². The Morgan fingerprint density at radius 1 is 1.25 bits per heavy atom.